The number of ether oxygens (including phenoxy) is 1. The first-order valence-electron chi connectivity index (χ1n) is 7.18. The summed E-state index contributed by atoms with van der Waals surface area (Å²) in [6, 6.07) is 6.93. The zero-order valence-corrected chi connectivity index (χ0v) is 13.0. The van der Waals surface area contributed by atoms with Crippen LogP contribution in [0.2, 0.25) is 0 Å². The Morgan fingerprint density at radius 2 is 1.86 bits per heavy atom. The number of amides is 3. The maximum absolute atomic E-state index is 12.2. The van der Waals surface area contributed by atoms with Gasteiger partial charge in [0.1, 0.15) is 11.3 Å². The molecule has 0 saturated carbocycles. The van der Waals surface area contributed by atoms with Gasteiger partial charge in [-0.05, 0) is 37.0 Å². The van der Waals surface area contributed by atoms with E-state index >= 15 is 0 Å². The molecule has 3 amide bonds. The normalized spacial score (nSPS) is 21.9. The van der Waals surface area contributed by atoms with Crippen molar-refractivity contribution in [2.45, 2.75) is 32.7 Å². The van der Waals surface area contributed by atoms with Crippen LogP contribution in [-0.2, 0) is 10.3 Å². The van der Waals surface area contributed by atoms with Crippen LogP contribution in [0.25, 0.3) is 0 Å². The van der Waals surface area contributed by atoms with Crippen LogP contribution in [0.5, 0.6) is 5.75 Å². The lowest BCUT2D eigenvalue weighted by Gasteiger charge is -2.22. The van der Waals surface area contributed by atoms with Crippen molar-refractivity contribution in [3.8, 4) is 5.75 Å². The van der Waals surface area contributed by atoms with Gasteiger partial charge < -0.3 is 10.1 Å². The van der Waals surface area contributed by atoms with Gasteiger partial charge in [-0.3, -0.25) is 9.69 Å². The molecule has 1 aliphatic heterocycles. The predicted octanol–water partition coefficient (Wildman–Crippen LogP) is 2.51. The summed E-state index contributed by atoms with van der Waals surface area (Å²) in [5.74, 6) is 1.12. The van der Waals surface area contributed by atoms with Gasteiger partial charge in [-0.2, -0.15) is 0 Å². The van der Waals surface area contributed by atoms with Crippen molar-refractivity contribution in [3.05, 3.63) is 29.8 Å². The number of carbonyl (C=O) groups excluding carboxylic acids is 2. The molecular formula is C16H22N2O3. The predicted molar refractivity (Wildman–Crippen MR) is 80.0 cm³/mol. The molecule has 21 heavy (non-hydrogen) atoms. The molecule has 1 aromatic rings. The lowest BCUT2D eigenvalue weighted by atomic mass is 9.92. The van der Waals surface area contributed by atoms with Crippen LogP contribution < -0.4 is 10.1 Å². The van der Waals surface area contributed by atoms with E-state index in [0.29, 0.717) is 12.5 Å². The molecule has 0 bridgehead atoms. The lowest BCUT2D eigenvalue weighted by molar-refractivity contribution is -0.130. The third-order valence-electron chi connectivity index (χ3n) is 3.79. The summed E-state index contributed by atoms with van der Waals surface area (Å²) in [5, 5.41) is 2.72. The molecule has 0 aromatic heterocycles. The van der Waals surface area contributed by atoms with Crippen molar-refractivity contribution in [2.75, 3.05) is 13.7 Å². The summed E-state index contributed by atoms with van der Waals surface area (Å²) < 4.78 is 5.65. The number of nitrogens with zero attached hydrogens (tertiary/aromatic N) is 1. The van der Waals surface area contributed by atoms with E-state index in [1.165, 1.54) is 7.05 Å². The minimum atomic E-state index is -0.998. The van der Waals surface area contributed by atoms with E-state index in [-0.39, 0.29) is 11.9 Å². The standard InChI is InChI=1S/C16H22N2O3/c1-11(2)9-10-21-13-7-5-12(6-8-13)16(3)14(19)18(4)15(20)17-16/h5-8,11H,9-10H2,1-4H3,(H,17,20)/t16-/m1/s1. The molecule has 5 heteroatoms. The van der Waals surface area contributed by atoms with Crippen molar-refractivity contribution in [2.24, 2.45) is 5.92 Å². The van der Waals surface area contributed by atoms with Gasteiger partial charge in [0.05, 0.1) is 6.61 Å². The minimum absolute atomic E-state index is 0.249. The van der Waals surface area contributed by atoms with Crippen LogP contribution in [0.4, 0.5) is 4.79 Å². The van der Waals surface area contributed by atoms with Crippen LogP contribution in [0.3, 0.4) is 0 Å². The van der Waals surface area contributed by atoms with Crippen LogP contribution in [0.1, 0.15) is 32.8 Å². The molecule has 114 valence electrons. The second-order valence-corrected chi connectivity index (χ2v) is 5.97. The van der Waals surface area contributed by atoms with E-state index in [1.807, 2.05) is 24.3 Å². The number of nitrogens with one attached hydrogen (secondary N) is 1. The van der Waals surface area contributed by atoms with Crippen molar-refractivity contribution >= 4 is 11.9 Å². The van der Waals surface area contributed by atoms with Gasteiger partial charge in [-0.1, -0.05) is 26.0 Å². The van der Waals surface area contributed by atoms with Crippen molar-refractivity contribution in [1.29, 1.82) is 0 Å². The summed E-state index contributed by atoms with van der Waals surface area (Å²) in [7, 11) is 1.48. The van der Waals surface area contributed by atoms with Crippen molar-refractivity contribution in [1.82, 2.24) is 10.2 Å². The monoisotopic (exact) mass is 290 g/mol. The average molecular weight is 290 g/mol. The van der Waals surface area contributed by atoms with Gasteiger partial charge in [0.2, 0.25) is 0 Å². The highest BCUT2D eigenvalue weighted by Crippen LogP contribution is 2.29. The molecule has 1 heterocycles. The zero-order chi connectivity index (χ0) is 15.6. The van der Waals surface area contributed by atoms with Gasteiger partial charge in [-0.25, -0.2) is 4.79 Å². The molecule has 1 aliphatic rings. The summed E-state index contributed by atoms with van der Waals surface area (Å²) in [6.07, 6.45) is 0.999. The zero-order valence-electron chi connectivity index (χ0n) is 13.0. The summed E-state index contributed by atoms with van der Waals surface area (Å²) >= 11 is 0. The van der Waals surface area contributed by atoms with Gasteiger partial charge in [0, 0.05) is 7.05 Å². The van der Waals surface area contributed by atoms with Gasteiger partial charge in [-0.15, -0.1) is 0 Å². The molecule has 0 radical (unpaired) electrons. The average Bonchev–Trinajstić information content (AvgIpc) is 2.64. The Morgan fingerprint density at radius 1 is 1.24 bits per heavy atom. The molecule has 1 aromatic carbocycles. The highest BCUT2D eigenvalue weighted by Gasteiger charge is 2.47. The smallest absolute Gasteiger partial charge is 0.325 e. The molecule has 0 aliphatic carbocycles. The number of urea groups is 1. The Morgan fingerprint density at radius 3 is 2.33 bits per heavy atom. The molecule has 0 unspecified atom stereocenters. The first-order chi connectivity index (χ1) is 9.84. The van der Waals surface area contributed by atoms with Crippen molar-refractivity contribution < 1.29 is 14.3 Å². The molecule has 1 atom stereocenters. The SMILES string of the molecule is CC(C)CCOc1ccc([C@@]2(C)NC(=O)N(C)C2=O)cc1. The Kier molecular flexibility index (Phi) is 4.21. The summed E-state index contributed by atoms with van der Waals surface area (Å²) in [5.41, 5.74) is -0.246. The van der Waals surface area contributed by atoms with Crippen molar-refractivity contribution in [3.63, 3.8) is 0 Å². The topological polar surface area (TPSA) is 58.6 Å². The van der Waals surface area contributed by atoms with Crippen LogP contribution in [0.15, 0.2) is 24.3 Å². The van der Waals surface area contributed by atoms with E-state index in [0.717, 1.165) is 22.6 Å². The maximum atomic E-state index is 12.2. The largest absolute Gasteiger partial charge is 0.494 e. The Balaban J connectivity index is 2.09. The fourth-order valence-corrected chi connectivity index (χ4v) is 2.27. The fourth-order valence-electron chi connectivity index (χ4n) is 2.27. The molecule has 0 spiro atoms. The summed E-state index contributed by atoms with van der Waals surface area (Å²) in [6.45, 7) is 6.69. The molecule has 1 fully saturated rings. The lowest BCUT2D eigenvalue weighted by Crippen LogP contribution is -2.40. The first-order valence-corrected chi connectivity index (χ1v) is 7.18. The van der Waals surface area contributed by atoms with E-state index < -0.39 is 5.54 Å². The molecule has 2 rings (SSSR count). The Labute approximate surface area is 125 Å². The van der Waals surface area contributed by atoms with E-state index in [1.54, 1.807) is 6.92 Å². The molecular weight excluding hydrogens is 268 g/mol. The Hall–Kier alpha value is -2.04. The van der Waals surface area contributed by atoms with E-state index in [2.05, 4.69) is 19.2 Å². The van der Waals surface area contributed by atoms with Crippen LogP contribution in [0, 0.1) is 5.92 Å². The maximum Gasteiger partial charge on any atom is 0.325 e. The highest BCUT2D eigenvalue weighted by atomic mass is 16.5. The van der Waals surface area contributed by atoms with E-state index in [4.69, 9.17) is 4.74 Å². The first kappa shape index (κ1) is 15.4. The number of rotatable bonds is 5. The van der Waals surface area contributed by atoms with Gasteiger partial charge in [0.25, 0.3) is 5.91 Å². The van der Waals surface area contributed by atoms with Crippen LogP contribution in [-0.4, -0.2) is 30.5 Å². The third kappa shape index (κ3) is 3.01. The Bertz CT molecular complexity index is 539. The minimum Gasteiger partial charge on any atom is -0.494 e. The van der Waals surface area contributed by atoms with Gasteiger partial charge in [0.15, 0.2) is 0 Å². The van der Waals surface area contributed by atoms with E-state index in [9.17, 15) is 9.59 Å². The number of benzene rings is 1. The van der Waals surface area contributed by atoms with Crippen LogP contribution >= 0.6 is 0 Å². The number of likely N-dealkylation sites (N-methyl/N-ethyl adjacent to an activating group) is 1. The quantitative estimate of drug-likeness (QED) is 0.848. The van der Waals surface area contributed by atoms with Gasteiger partial charge >= 0.3 is 6.03 Å². The summed E-state index contributed by atoms with van der Waals surface area (Å²) in [4.78, 5) is 24.9. The molecule has 5 nitrogen and oxygen atoms in total. The number of hydrogen-bond donors (Lipinski definition) is 1. The second-order valence-electron chi connectivity index (χ2n) is 5.97. The number of carbonyl (C=O) groups is 2. The molecule has 1 saturated heterocycles. The molecule has 1 N–H and O–H groups in total. The number of imide groups is 1. The number of hydrogen-bond acceptors (Lipinski definition) is 3. The second kappa shape index (κ2) is 5.76. The fraction of sp³-hybridized carbons (Fsp3) is 0.500. The third-order valence-corrected chi connectivity index (χ3v) is 3.79. The highest BCUT2D eigenvalue weighted by molar-refractivity contribution is 6.06.